The van der Waals surface area contributed by atoms with Gasteiger partial charge in [-0.15, -0.1) is 0 Å². The number of halogens is 2. The lowest BCUT2D eigenvalue weighted by Gasteiger charge is -2.20. The third-order valence-electron chi connectivity index (χ3n) is 3.04. The Morgan fingerprint density at radius 3 is 2.48 bits per heavy atom. The fraction of sp³-hybridized carbons (Fsp3) is 0.333. The molecule has 0 aliphatic rings. The fourth-order valence-electron chi connectivity index (χ4n) is 1.71. The van der Waals surface area contributed by atoms with E-state index in [0.29, 0.717) is 22.5 Å². The van der Waals surface area contributed by atoms with E-state index in [1.54, 1.807) is 0 Å². The zero-order chi connectivity index (χ0) is 15.8. The van der Waals surface area contributed by atoms with Gasteiger partial charge in [-0.1, -0.05) is 32.4 Å². The third kappa shape index (κ3) is 3.66. The first-order valence-electron chi connectivity index (χ1n) is 6.55. The molecule has 1 heterocycles. The number of aromatic nitrogens is 2. The first-order chi connectivity index (χ1) is 9.68. The molecule has 0 radical (unpaired) electrons. The molecule has 0 saturated heterocycles. The second kappa shape index (κ2) is 5.81. The smallest absolute Gasteiger partial charge is 0.139 e. The summed E-state index contributed by atoms with van der Waals surface area (Å²) in [7, 11) is 0. The molecular formula is C15H18BrClN4. The minimum Gasteiger partial charge on any atom is -0.383 e. The lowest BCUT2D eigenvalue weighted by molar-refractivity contribution is 0.546. The SMILES string of the molecule is Cc1c(N)nc(C(C)(C)C)nc1Nc1ccc(Cl)cc1Br. The van der Waals surface area contributed by atoms with Crippen LogP contribution in [0.25, 0.3) is 0 Å². The number of rotatable bonds is 2. The normalized spacial score (nSPS) is 11.5. The van der Waals surface area contributed by atoms with E-state index < -0.39 is 0 Å². The van der Waals surface area contributed by atoms with Crippen molar-refractivity contribution in [3.8, 4) is 0 Å². The molecule has 3 N–H and O–H groups in total. The van der Waals surface area contributed by atoms with Gasteiger partial charge in [-0.2, -0.15) is 0 Å². The predicted molar refractivity (Wildman–Crippen MR) is 92.3 cm³/mol. The fourth-order valence-corrected chi connectivity index (χ4v) is 2.49. The molecule has 4 nitrogen and oxygen atoms in total. The van der Waals surface area contributed by atoms with Crippen molar-refractivity contribution in [2.45, 2.75) is 33.1 Å². The molecule has 0 amide bonds. The van der Waals surface area contributed by atoms with E-state index in [-0.39, 0.29) is 5.41 Å². The van der Waals surface area contributed by atoms with Gasteiger partial charge < -0.3 is 11.1 Å². The van der Waals surface area contributed by atoms with Gasteiger partial charge in [-0.05, 0) is 41.1 Å². The number of nitrogens with two attached hydrogens (primary N) is 1. The van der Waals surface area contributed by atoms with E-state index in [4.69, 9.17) is 17.3 Å². The molecule has 2 aromatic rings. The summed E-state index contributed by atoms with van der Waals surface area (Å²) in [5.74, 6) is 1.90. The minimum atomic E-state index is -0.171. The standard InChI is InChI=1S/C15H18BrClN4/c1-8-12(18)20-14(15(2,3)4)21-13(8)19-11-6-5-9(17)7-10(11)16/h5-7H,1-4H3,(H3,18,19,20,21). The molecule has 6 heteroatoms. The maximum absolute atomic E-state index is 6.01. The van der Waals surface area contributed by atoms with E-state index in [1.165, 1.54) is 0 Å². The van der Waals surface area contributed by atoms with Crippen LogP contribution in [-0.4, -0.2) is 9.97 Å². The number of hydrogen-bond acceptors (Lipinski definition) is 4. The van der Waals surface area contributed by atoms with E-state index in [9.17, 15) is 0 Å². The highest BCUT2D eigenvalue weighted by atomic mass is 79.9. The predicted octanol–water partition coefficient (Wildman–Crippen LogP) is 4.82. The van der Waals surface area contributed by atoms with Crippen molar-refractivity contribution in [2.24, 2.45) is 0 Å². The second-order valence-electron chi connectivity index (χ2n) is 5.91. The molecule has 0 fully saturated rings. The average Bonchev–Trinajstić information content (AvgIpc) is 2.36. The second-order valence-corrected chi connectivity index (χ2v) is 7.20. The van der Waals surface area contributed by atoms with Crippen LogP contribution in [0.4, 0.5) is 17.3 Å². The number of nitrogens with zero attached hydrogens (tertiary/aromatic N) is 2. The Kier molecular flexibility index (Phi) is 4.44. The monoisotopic (exact) mass is 368 g/mol. The number of nitrogens with one attached hydrogen (secondary N) is 1. The zero-order valence-corrected chi connectivity index (χ0v) is 14.8. The lowest BCUT2D eigenvalue weighted by Crippen LogP contribution is -2.18. The van der Waals surface area contributed by atoms with E-state index in [1.807, 2.05) is 25.1 Å². The molecule has 0 bridgehead atoms. The molecular weight excluding hydrogens is 352 g/mol. The van der Waals surface area contributed by atoms with Crippen molar-refractivity contribution in [1.29, 1.82) is 0 Å². The molecule has 0 aliphatic carbocycles. The summed E-state index contributed by atoms with van der Waals surface area (Å²) >= 11 is 9.44. The first kappa shape index (κ1) is 16.0. The van der Waals surface area contributed by atoms with Crippen molar-refractivity contribution in [3.63, 3.8) is 0 Å². The van der Waals surface area contributed by atoms with Crippen LogP contribution in [0.3, 0.4) is 0 Å². The van der Waals surface area contributed by atoms with Crippen molar-refractivity contribution in [3.05, 3.63) is 39.1 Å². The van der Waals surface area contributed by atoms with Crippen LogP contribution >= 0.6 is 27.5 Å². The Labute approximate surface area is 138 Å². The third-order valence-corrected chi connectivity index (χ3v) is 3.93. The Morgan fingerprint density at radius 1 is 1.24 bits per heavy atom. The number of hydrogen-bond donors (Lipinski definition) is 2. The van der Waals surface area contributed by atoms with Crippen molar-refractivity contribution < 1.29 is 0 Å². The summed E-state index contributed by atoms with van der Waals surface area (Å²) in [6, 6.07) is 5.54. The average molecular weight is 370 g/mol. The maximum Gasteiger partial charge on any atom is 0.139 e. The highest BCUT2D eigenvalue weighted by Crippen LogP contribution is 2.31. The lowest BCUT2D eigenvalue weighted by atomic mass is 9.95. The highest BCUT2D eigenvalue weighted by Gasteiger charge is 2.20. The van der Waals surface area contributed by atoms with Crippen molar-refractivity contribution in [2.75, 3.05) is 11.1 Å². The highest BCUT2D eigenvalue weighted by molar-refractivity contribution is 9.10. The van der Waals surface area contributed by atoms with Crippen LogP contribution in [0.5, 0.6) is 0 Å². The Bertz CT molecular complexity index is 680. The summed E-state index contributed by atoms with van der Waals surface area (Å²) in [6.45, 7) is 8.06. The molecule has 21 heavy (non-hydrogen) atoms. The molecule has 1 aromatic carbocycles. The van der Waals surface area contributed by atoms with Gasteiger partial charge in [0.25, 0.3) is 0 Å². The van der Waals surface area contributed by atoms with Crippen LogP contribution in [0, 0.1) is 6.92 Å². The molecule has 2 rings (SSSR count). The quantitative estimate of drug-likeness (QED) is 0.796. The van der Waals surface area contributed by atoms with Gasteiger partial charge in [0.15, 0.2) is 0 Å². The Morgan fingerprint density at radius 2 is 1.90 bits per heavy atom. The Balaban J connectivity index is 2.46. The number of anilines is 3. The number of nitrogen functional groups attached to an aromatic ring is 1. The first-order valence-corrected chi connectivity index (χ1v) is 7.72. The van der Waals surface area contributed by atoms with Crippen LogP contribution < -0.4 is 11.1 Å². The van der Waals surface area contributed by atoms with Crippen LogP contribution in [0.2, 0.25) is 5.02 Å². The topological polar surface area (TPSA) is 63.8 Å². The van der Waals surface area contributed by atoms with Gasteiger partial charge in [0.05, 0.1) is 5.69 Å². The summed E-state index contributed by atoms with van der Waals surface area (Å²) < 4.78 is 0.865. The van der Waals surface area contributed by atoms with E-state index in [2.05, 4.69) is 52.0 Å². The molecule has 0 atom stereocenters. The Hall–Kier alpha value is -1.33. The summed E-state index contributed by atoms with van der Waals surface area (Å²) in [4.78, 5) is 8.98. The molecule has 0 unspecified atom stereocenters. The molecule has 0 saturated carbocycles. The maximum atomic E-state index is 6.01. The zero-order valence-electron chi connectivity index (χ0n) is 12.5. The van der Waals surface area contributed by atoms with Crippen LogP contribution in [0.15, 0.2) is 22.7 Å². The van der Waals surface area contributed by atoms with Crippen LogP contribution in [-0.2, 0) is 5.41 Å². The van der Waals surface area contributed by atoms with Gasteiger partial charge in [-0.3, -0.25) is 0 Å². The molecule has 1 aromatic heterocycles. The molecule has 112 valence electrons. The van der Waals surface area contributed by atoms with Gasteiger partial charge in [0, 0.05) is 20.5 Å². The largest absolute Gasteiger partial charge is 0.383 e. The van der Waals surface area contributed by atoms with Gasteiger partial charge >= 0.3 is 0 Å². The summed E-state index contributed by atoms with van der Waals surface area (Å²) in [5, 5.41) is 3.95. The molecule has 0 spiro atoms. The minimum absolute atomic E-state index is 0.171. The van der Waals surface area contributed by atoms with Crippen LogP contribution in [0.1, 0.15) is 32.2 Å². The van der Waals surface area contributed by atoms with E-state index >= 15 is 0 Å². The summed E-state index contributed by atoms with van der Waals surface area (Å²) in [5.41, 5.74) is 7.54. The van der Waals surface area contributed by atoms with Crippen molar-refractivity contribution in [1.82, 2.24) is 9.97 Å². The summed E-state index contributed by atoms with van der Waals surface area (Å²) in [6.07, 6.45) is 0. The molecule has 0 aliphatic heterocycles. The van der Waals surface area contributed by atoms with Gasteiger partial charge in [-0.25, -0.2) is 9.97 Å². The number of benzene rings is 1. The van der Waals surface area contributed by atoms with Gasteiger partial charge in [0.1, 0.15) is 17.5 Å². The van der Waals surface area contributed by atoms with Crippen molar-refractivity contribution >= 4 is 44.9 Å². The van der Waals surface area contributed by atoms with E-state index in [0.717, 1.165) is 15.7 Å². The van der Waals surface area contributed by atoms with Gasteiger partial charge in [0.2, 0.25) is 0 Å².